The first kappa shape index (κ1) is 15.4. The normalized spacial score (nSPS) is 12.3. The van der Waals surface area contributed by atoms with Crippen LogP contribution in [0.25, 0.3) is 0 Å². The smallest absolute Gasteiger partial charge is 0.167 e. The fourth-order valence-electron chi connectivity index (χ4n) is 2.39. The van der Waals surface area contributed by atoms with Gasteiger partial charge in [-0.2, -0.15) is 10.4 Å². The SMILES string of the molecule is CCc1nnc(NC(C)CC(C)C)c(C#N)c1CC. The highest BCUT2D eigenvalue weighted by atomic mass is 15.2. The fraction of sp³-hybridized carbons (Fsp3) is 0.667. The molecule has 1 unspecified atom stereocenters. The van der Waals surface area contributed by atoms with Gasteiger partial charge in [-0.15, -0.1) is 5.10 Å². The number of aryl methyl sites for hydroxylation is 1. The van der Waals surface area contributed by atoms with Crippen molar-refractivity contribution >= 4 is 5.82 Å². The molecule has 104 valence electrons. The zero-order chi connectivity index (χ0) is 14.4. The summed E-state index contributed by atoms with van der Waals surface area (Å²) in [7, 11) is 0. The second-order valence-electron chi connectivity index (χ2n) is 5.34. The van der Waals surface area contributed by atoms with Crippen molar-refractivity contribution in [3.63, 3.8) is 0 Å². The van der Waals surface area contributed by atoms with E-state index in [4.69, 9.17) is 0 Å². The topological polar surface area (TPSA) is 61.6 Å². The number of anilines is 1. The van der Waals surface area contributed by atoms with Crippen molar-refractivity contribution in [3.05, 3.63) is 16.8 Å². The van der Waals surface area contributed by atoms with Crippen LogP contribution in [0, 0.1) is 17.2 Å². The van der Waals surface area contributed by atoms with Crippen molar-refractivity contribution in [1.82, 2.24) is 10.2 Å². The minimum atomic E-state index is 0.290. The van der Waals surface area contributed by atoms with Gasteiger partial charge in [0, 0.05) is 6.04 Å². The van der Waals surface area contributed by atoms with E-state index in [2.05, 4.69) is 49.3 Å². The zero-order valence-electron chi connectivity index (χ0n) is 12.6. The molecule has 19 heavy (non-hydrogen) atoms. The molecule has 0 aromatic carbocycles. The molecule has 4 heteroatoms. The lowest BCUT2D eigenvalue weighted by atomic mass is 10.0. The maximum atomic E-state index is 9.39. The molecule has 0 aliphatic carbocycles. The van der Waals surface area contributed by atoms with Crippen molar-refractivity contribution in [2.45, 2.75) is 59.9 Å². The van der Waals surface area contributed by atoms with E-state index in [1.54, 1.807) is 0 Å². The Morgan fingerprint density at radius 3 is 2.32 bits per heavy atom. The minimum absolute atomic E-state index is 0.290. The minimum Gasteiger partial charge on any atom is -0.365 e. The predicted molar refractivity (Wildman–Crippen MR) is 78.0 cm³/mol. The Morgan fingerprint density at radius 1 is 1.16 bits per heavy atom. The number of nitriles is 1. The van der Waals surface area contributed by atoms with Crippen LogP contribution in [0.3, 0.4) is 0 Å². The molecule has 0 saturated heterocycles. The molecule has 0 radical (unpaired) electrons. The summed E-state index contributed by atoms with van der Waals surface area (Å²) < 4.78 is 0. The Kier molecular flexibility index (Phi) is 5.75. The van der Waals surface area contributed by atoms with E-state index in [-0.39, 0.29) is 0 Å². The molecule has 1 N–H and O–H groups in total. The standard InChI is InChI=1S/C15H24N4/c1-6-12-13(9-16)15(19-18-14(12)7-2)17-11(5)8-10(3)4/h10-11H,6-8H2,1-5H3,(H,17,19). The Balaban J connectivity index is 3.05. The first-order valence-electron chi connectivity index (χ1n) is 7.08. The molecule has 0 saturated carbocycles. The number of hydrogen-bond acceptors (Lipinski definition) is 4. The van der Waals surface area contributed by atoms with Crippen molar-refractivity contribution in [1.29, 1.82) is 5.26 Å². The number of aromatic nitrogens is 2. The quantitative estimate of drug-likeness (QED) is 0.852. The van der Waals surface area contributed by atoms with E-state index in [0.29, 0.717) is 23.3 Å². The fourth-order valence-corrected chi connectivity index (χ4v) is 2.39. The van der Waals surface area contributed by atoms with Crippen LogP contribution in [-0.2, 0) is 12.8 Å². The largest absolute Gasteiger partial charge is 0.365 e. The monoisotopic (exact) mass is 260 g/mol. The molecule has 0 bridgehead atoms. The van der Waals surface area contributed by atoms with Crippen LogP contribution in [0.4, 0.5) is 5.82 Å². The summed E-state index contributed by atoms with van der Waals surface area (Å²) in [5, 5.41) is 21.1. The average molecular weight is 260 g/mol. The van der Waals surface area contributed by atoms with Gasteiger partial charge in [-0.25, -0.2) is 0 Å². The lowest BCUT2D eigenvalue weighted by Gasteiger charge is -2.18. The van der Waals surface area contributed by atoms with Gasteiger partial charge in [0.1, 0.15) is 11.6 Å². The second-order valence-corrected chi connectivity index (χ2v) is 5.34. The van der Waals surface area contributed by atoms with Crippen LogP contribution in [0.1, 0.15) is 57.9 Å². The maximum Gasteiger partial charge on any atom is 0.167 e. The molecule has 0 aliphatic heterocycles. The van der Waals surface area contributed by atoms with Crippen LogP contribution in [0.2, 0.25) is 0 Å². The third-order valence-electron chi connectivity index (χ3n) is 3.17. The van der Waals surface area contributed by atoms with E-state index >= 15 is 0 Å². The second kappa shape index (κ2) is 7.08. The number of rotatable bonds is 6. The van der Waals surface area contributed by atoms with Crippen LogP contribution < -0.4 is 5.32 Å². The van der Waals surface area contributed by atoms with Gasteiger partial charge in [0.05, 0.1) is 5.69 Å². The molecule has 1 atom stereocenters. The van der Waals surface area contributed by atoms with Crippen LogP contribution in [0.15, 0.2) is 0 Å². The molecule has 0 amide bonds. The van der Waals surface area contributed by atoms with Crippen LogP contribution in [0.5, 0.6) is 0 Å². The van der Waals surface area contributed by atoms with Crippen molar-refractivity contribution < 1.29 is 0 Å². The summed E-state index contributed by atoms with van der Waals surface area (Å²) in [6.45, 7) is 10.6. The number of nitrogens with zero attached hydrogens (tertiary/aromatic N) is 3. The highest BCUT2D eigenvalue weighted by Gasteiger charge is 2.16. The maximum absolute atomic E-state index is 9.39. The van der Waals surface area contributed by atoms with Gasteiger partial charge in [0.25, 0.3) is 0 Å². The van der Waals surface area contributed by atoms with Gasteiger partial charge in [-0.3, -0.25) is 0 Å². The molecule has 0 aliphatic rings. The van der Waals surface area contributed by atoms with E-state index in [1.165, 1.54) is 0 Å². The summed E-state index contributed by atoms with van der Waals surface area (Å²) in [6.07, 6.45) is 2.67. The number of hydrogen-bond donors (Lipinski definition) is 1. The number of nitrogens with one attached hydrogen (secondary N) is 1. The van der Waals surface area contributed by atoms with E-state index in [0.717, 1.165) is 30.5 Å². The average Bonchev–Trinajstić information content (AvgIpc) is 2.36. The summed E-state index contributed by atoms with van der Waals surface area (Å²) in [5.41, 5.74) is 2.62. The molecule has 1 heterocycles. The molecule has 1 rings (SSSR count). The van der Waals surface area contributed by atoms with Gasteiger partial charge in [0.2, 0.25) is 0 Å². The Bertz CT molecular complexity index is 460. The van der Waals surface area contributed by atoms with Gasteiger partial charge >= 0.3 is 0 Å². The Morgan fingerprint density at radius 2 is 1.84 bits per heavy atom. The molecule has 1 aromatic rings. The first-order chi connectivity index (χ1) is 9.03. The molecular formula is C15H24N4. The first-order valence-corrected chi connectivity index (χ1v) is 7.08. The Hall–Kier alpha value is -1.63. The van der Waals surface area contributed by atoms with Crippen LogP contribution >= 0.6 is 0 Å². The summed E-state index contributed by atoms with van der Waals surface area (Å²) in [4.78, 5) is 0. The Labute approximate surface area is 116 Å². The summed E-state index contributed by atoms with van der Waals surface area (Å²) >= 11 is 0. The van der Waals surface area contributed by atoms with E-state index in [9.17, 15) is 5.26 Å². The third-order valence-corrected chi connectivity index (χ3v) is 3.17. The zero-order valence-corrected chi connectivity index (χ0v) is 12.6. The molecule has 0 spiro atoms. The highest BCUT2D eigenvalue weighted by molar-refractivity contribution is 5.56. The van der Waals surface area contributed by atoms with Crippen LogP contribution in [-0.4, -0.2) is 16.2 Å². The van der Waals surface area contributed by atoms with E-state index < -0.39 is 0 Å². The summed E-state index contributed by atoms with van der Waals surface area (Å²) in [5.74, 6) is 1.24. The predicted octanol–water partition coefficient (Wildman–Crippen LogP) is 3.32. The van der Waals surface area contributed by atoms with Crippen molar-refractivity contribution in [3.8, 4) is 6.07 Å². The van der Waals surface area contributed by atoms with Gasteiger partial charge < -0.3 is 5.32 Å². The van der Waals surface area contributed by atoms with E-state index in [1.807, 2.05) is 6.92 Å². The third kappa shape index (κ3) is 3.92. The molecule has 4 nitrogen and oxygen atoms in total. The van der Waals surface area contributed by atoms with Crippen molar-refractivity contribution in [2.24, 2.45) is 5.92 Å². The van der Waals surface area contributed by atoms with Gasteiger partial charge in [-0.1, -0.05) is 27.7 Å². The van der Waals surface area contributed by atoms with Crippen molar-refractivity contribution in [2.75, 3.05) is 5.32 Å². The van der Waals surface area contributed by atoms with Gasteiger partial charge in [0.15, 0.2) is 5.82 Å². The molecule has 0 fully saturated rings. The molecular weight excluding hydrogens is 236 g/mol. The lowest BCUT2D eigenvalue weighted by molar-refractivity contribution is 0.538. The lowest BCUT2D eigenvalue weighted by Crippen LogP contribution is -2.20. The molecule has 1 aromatic heterocycles. The van der Waals surface area contributed by atoms with Gasteiger partial charge in [-0.05, 0) is 37.7 Å². The highest BCUT2D eigenvalue weighted by Crippen LogP contribution is 2.21. The summed E-state index contributed by atoms with van der Waals surface area (Å²) in [6, 6.07) is 2.57.